The summed E-state index contributed by atoms with van der Waals surface area (Å²) >= 11 is 15.5. The minimum Gasteiger partial charge on any atom is -0.493 e. The van der Waals surface area contributed by atoms with Crippen LogP contribution in [0.25, 0.3) is 0 Å². The molecule has 0 aromatic heterocycles. The molecule has 5 heteroatoms. The highest BCUT2D eigenvalue weighted by Crippen LogP contribution is 2.35. The van der Waals surface area contributed by atoms with Gasteiger partial charge >= 0.3 is 0 Å². The highest BCUT2D eigenvalue weighted by atomic mass is 79.9. The van der Waals surface area contributed by atoms with E-state index in [1.807, 2.05) is 19.1 Å². The van der Waals surface area contributed by atoms with Gasteiger partial charge in [0.2, 0.25) is 0 Å². The molecule has 2 nitrogen and oxygen atoms in total. The SMILES string of the molecule is CCOc1ccc(C(O)c2cccc(Cl)c2Cl)cc1Br. The molecular weight excluding hydrogens is 363 g/mol. The van der Waals surface area contributed by atoms with Gasteiger partial charge in [0.05, 0.1) is 21.1 Å². The van der Waals surface area contributed by atoms with Gasteiger partial charge < -0.3 is 9.84 Å². The molecule has 0 heterocycles. The van der Waals surface area contributed by atoms with Crippen LogP contribution in [0.1, 0.15) is 24.2 Å². The van der Waals surface area contributed by atoms with Crippen LogP contribution in [0, 0.1) is 0 Å². The van der Waals surface area contributed by atoms with E-state index in [9.17, 15) is 5.11 Å². The molecule has 1 atom stereocenters. The number of aliphatic hydroxyl groups excluding tert-OH is 1. The first kappa shape index (κ1) is 15.6. The monoisotopic (exact) mass is 374 g/mol. The molecule has 0 aliphatic rings. The lowest BCUT2D eigenvalue weighted by atomic mass is 10.0. The van der Waals surface area contributed by atoms with Crippen LogP contribution in [-0.2, 0) is 0 Å². The highest BCUT2D eigenvalue weighted by Gasteiger charge is 2.16. The molecule has 106 valence electrons. The maximum atomic E-state index is 10.4. The Morgan fingerprint density at radius 1 is 1.25 bits per heavy atom. The Morgan fingerprint density at radius 2 is 2.00 bits per heavy atom. The van der Waals surface area contributed by atoms with E-state index in [0.717, 1.165) is 10.2 Å². The number of rotatable bonds is 4. The lowest BCUT2D eigenvalue weighted by molar-refractivity contribution is 0.220. The third-order valence-corrected chi connectivity index (χ3v) is 4.30. The molecule has 2 aromatic carbocycles. The maximum Gasteiger partial charge on any atom is 0.133 e. The van der Waals surface area contributed by atoms with Gasteiger partial charge in [-0.15, -0.1) is 0 Å². The van der Waals surface area contributed by atoms with E-state index in [2.05, 4.69) is 15.9 Å². The fourth-order valence-electron chi connectivity index (χ4n) is 1.87. The number of hydrogen-bond acceptors (Lipinski definition) is 2. The van der Waals surface area contributed by atoms with Gasteiger partial charge in [-0.25, -0.2) is 0 Å². The Kier molecular flexibility index (Phi) is 5.33. The van der Waals surface area contributed by atoms with Crippen LogP contribution in [0.5, 0.6) is 5.75 Å². The zero-order chi connectivity index (χ0) is 14.7. The quantitative estimate of drug-likeness (QED) is 0.792. The summed E-state index contributed by atoms with van der Waals surface area (Å²) in [5.41, 5.74) is 1.29. The van der Waals surface area contributed by atoms with E-state index in [0.29, 0.717) is 27.8 Å². The summed E-state index contributed by atoms with van der Waals surface area (Å²) in [7, 11) is 0. The largest absolute Gasteiger partial charge is 0.493 e. The van der Waals surface area contributed by atoms with Crippen LogP contribution >= 0.6 is 39.1 Å². The molecule has 0 spiro atoms. The Labute approximate surface area is 136 Å². The highest BCUT2D eigenvalue weighted by molar-refractivity contribution is 9.10. The van der Waals surface area contributed by atoms with Crippen molar-refractivity contribution in [1.29, 1.82) is 0 Å². The van der Waals surface area contributed by atoms with Crippen molar-refractivity contribution in [3.05, 3.63) is 62.0 Å². The predicted molar refractivity (Wildman–Crippen MR) is 85.8 cm³/mol. The number of halogens is 3. The van der Waals surface area contributed by atoms with E-state index >= 15 is 0 Å². The smallest absolute Gasteiger partial charge is 0.133 e. The second-order valence-electron chi connectivity index (χ2n) is 4.17. The van der Waals surface area contributed by atoms with Gasteiger partial charge in [-0.3, -0.25) is 0 Å². The van der Waals surface area contributed by atoms with Crippen molar-refractivity contribution in [3.63, 3.8) is 0 Å². The number of aliphatic hydroxyl groups is 1. The zero-order valence-electron chi connectivity index (χ0n) is 10.7. The van der Waals surface area contributed by atoms with Gasteiger partial charge in [-0.05, 0) is 46.6 Å². The van der Waals surface area contributed by atoms with Crippen LogP contribution < -0.4 is 4.74 Å². The average molecular weight is 376 g/mol. The van der Waals surface area contributed by atoms with Crippen molar-refractivity contribution in [1.82, 2.24) is 0 Å². The topological polar surface area (TPSA) is 29.5 Å². The van der Waals surface area contributed by atoms with Crippen molar-refractivity contribution in [2.24, 2.45) is 0 Å². The molecule has 0 saturated carbocycles. The number of benzene rings is 2. The maximum absolute atomic E-state index is 10.4. The van der Waals surface area contributed by atoms with Crippen molar-refractivity contribution in [2.45, 2.75) is 13.0 Å². The van der Waals surface area contributed by atoms with Crippen LogP contribution in [-0.4, -0.2) is 11.7 Å². The van der Waals surface area contributed by atoms with Crippen LogP contribution in [0.3, 0.4) is 0 Å². The summed E-state index contributed by atoms with van der Waals surface area (Å²) in [5, 5.41) is 11.2. The minimum absolute atomic E-state index is 0.367. The van der Waals surface area contributed by atoms with Gasteiger partial charge in [0.25, 0.3) is 0 Å². The second-order valence-corrected chi connectivity index (χ2v) is 5.81. The third-order valence-electron chi connectivity index (χ3n) is 2.85. The molecule has 1 unspecified atom stereocenters. The normalized spacial score (nSPS) is 12.2. The van der Waals surface area contributed by atoms with Crippen molar-refractivity contribution >= 4 is 39.1 Å². The van der Waals surface area contributed by atoms with E-state index in [1.54, 1.807) is 24.3 Å². The van der Waals surface area contributed by atoms with E-state index < -0.39 is 6.10 Å². The fraction of sp³-hybridized carbons (Fsp3) is 0.200. The third kappa shape index (κ3) is 3.29. The number of hydrogen-bond donors (Lipinski definition) is 1. The summed E-state index contributed by atoms with van der Waals surface area (Å²) in [4.78, 5) is 0. The van der Waals surface area contributed by atoms with E-state index in [4.69, 9.17) is 27.9 Å². The lowest BCUT2D eigenvalue weighted by Gasteiger charge is -2.15. The van der Waals surface area contributed by atoms with Gasteiger partial charge in [0.15, 0.2) is 0 Å². The van der Waals surface area contributed by atoms with Crippen LogP contribution in [0.4, 0.5) is 0 Å². The van der Waals surface area contributed by atoms with E-state index in [-0.39, 0.29) is 0 Å². The first-order valence-electron chi connectivity index (χ1n) is 6.08. The Hall–Kier alpha value is -0.740. The molecule has 2 aromatic rings. The molecule has 0 saturated heterocycles. The summed E-state index contributed by atoms with van der Waals surface area (Å²) in [6.45, 7) is 2.50. The van der Waals surface area contributed by atoms with Crippen LogP contribution in [0.2, 0.25) is 10.0 Å². The van der Waals surface area contributed by atoms with Crippen molar-refractivity contribution < 1.29 is 9.84 Å². The molecule has 0 amide bonds. The molecule has 0 radical (unpaired) electrons. The summed E-state index contributed by atoms with van der Waals surface area (Å²) < 4.78 is 6.23. The summed E-state index contributed by atoms with van der Waals surface area (Å²) in [6, 6.07) is 10.6. The lowest BCUT2D eigenvalue weighted by Crippen LogP contribution is -2.01. The van der Waals surface area contributed by atoms with Gasteiger partial charge in [0.1, 0.15) is 11.9 Å². The predicted octanol–water partition coefficient (Wildman–Crippen LogP) is 5.24. The fourth-order valence-corrected chi connectivity index (χ4v) is 2.79. The molecule has 0 aliphatic carbocycles. The molecular formula is C15H13BrCl2O2. The first-order valence-corrected chi connectivity index (χ1v) is 7.63. The Balaban J connectivity index is 2.36. The minimum atomic E-state index is -0.840. The van der Waals surface area contributed by atoms with Gasteiger partial charge in [0, 0.05) is 5.56 Å². The average Bonchev–Trinajstić information content (AvgIpc) is 2.43. The molecule has 0 aliphatic heterocycles. The molecule has 20 heavy (non-hydrogen) atoms. The zero-order valence-corrected chi connectivity index (χ0v) is 13.8. The Bertz CT molecular complexity index is 617. The molecule has 2 rings (SSSR count). The van der Waals surface area contributed by atoms with Gasteiger partial charge in [-0.1, -0.05) is 41.4 Å². The van der Waals surface area contributed by atoms with Gasteiger partial charge in [-0.2, -0.15) is 0 Å². The molecule has 0 bridgehead atoms. The summed E-state index contributed by atoms with van der Waals surface area (Å²) in [6.07, 6.45) is -0.840. The van der Waals surface area contributed by atoms with E-state index in [1.165, 1.54) is 0 Å². The summed E-state index contributed by atoms with van der Waals surface area (Å²) in [5.74, 6) is 0.737. The first-order chi connectivity index (χ1) is 9.54. The molecule has 1 N–H and O–H groups in total. The second kappa shape index (κ2) is 6.81. The molecule has 0 fully saturated rings. The van der Waals surface area contributed by atoms with Crippen molar-refractivity contribution in [2.75, 3.05) is 6.61 Å². The van der Waals surface area contributed by atoms with Crippen molar-refractivity contribution in [3.8, 4) is 5.75 Å². The number of ether oxygens (including phenoxy) is 1. The standard InChI is InChI=1S/C15H13BrCl2O2/c1-2-20-13-7-6-9(8-11(13)16)15(19)10-4-3-5-12(17)14(10)18/h3-8,15,19H,2H2,1H3. The Morgan fingerprint density at radius 3 is 2.65 bits per heavy atom. The van der Waals surface area contributed by atoms with Crippen LogP contribution in [0.15, 0.2) is 40.9 Å².